The molecule has 1 aromatic heterocycles. The third-order valence-corrected chi connectivity index (χ3v) is 1.84. The van der Waals surface area contributed by atoms with Gasteiger partial charge >= 0.3 is 0 Å². The normalized spacial score (nSPS) is 13.5. The van der Waals surface area contributed by atoms with Gasteiger partial charge in [-0.15, -0.1) is 0 Å². The molecule has 0 aromatic carbocycles. The van der Waals surface area contributed by atoms with Crippen LogP contribution >= 0.6 is 0 Å². The minimum atomic E-state index is 0.385. The van der Waals surface area contributed by atoms with E-state index in [1.165, 1.54) is 0 Å². The Morgan fingerprint density at radius 3 is 2.27 bits per heavy atom. The van der Waals surface area contributed by atoms with Gasteiger partial charge in [0.1, 0.15) is 6.33 Å². The van der Waals surface area contributed by atoms with Crippen LogP contribution in [0.4, 0.5) is 0 Å². The number of nitrogens with zero attached hydrogens (tertiary/aromatic N) is 3. The Kier molecular flexibility index (Phi) is 2.54. The van der Waals surface area contributed by atoms with Gasteiger partial charge in [0.15, 0.2) is 0 Å². The molecule has 0 amide bonds. The monoisotopic (exact) mass is 151 g/mol. The highest BCUT2D eigenvalue weighted by Crippen LogP contribution is 2.13. The first-order chi connectivity index (χ1) is 5.22. The third kappa shape index (κ3) is 1.98. The summed E-state index contributed by atoms with van der Waals surface area (Å²) in [7, 11) is 4.08. The molecule has 0 N–H and O–H groups in total. The van der Waals surface area contributed by atoms with Crippen molar-refractivity contribution in [3.8, 4) is 0 Å². The lowest BCUT2D eigenvalue weighted by molar-refractivity contribution is 0.320. The highest BCUT2D eigenvalue weighted by Gasteiger charge is 2.06. The van der Waals surface area contributed by atoms with Crippen LogP contribution in [-0.2, 0) is 0 Å². The molecule has 0 bridgehead atoms. The van der Waals surface area contributed by atoms with Crippen LogP contribution in [0.5, 0.6) is 0 Å². The van der Waals surface area contributed by atoms with Gasteiger partial charge in [-0.3, -0.25) is 0 Å². The Balaban J connectivity index is 2.77. The van der Waals surface area contributed by atoms with Gasteiger partial charge in [-0.25, -0.2) is 9.97 Å². The third-order valence-electron chi connectivity index (χ3n) is 1.84. The fourth-order valence-electron chi connectivity index (χ4n) is 0.825. The van der Waals surface area contributed by atoms with Crippen molar-refractivity contribution in [3.05, 3.63) is 24.3 Å². The Bertz CT molecular complexity index is 208. The van der Waals surface area contributed by atoms with Crippen LogP contribution in [0, 0.1) is 0 Å². The van der Waals surface area contributed by atoms with Crippen molar-refractivity contribution in [1.29, 1.82) is 0 Å². The maximum atomic E-state index is 3.95. The van der Waals surface area contributed by atoms with Crippen molar-refractivity contribution in [3.63, 3.8) is 0 Å². The topological polar surface area (TPSA) is 29.0 Å². The summed E-state index contributed by atoms with van der Waals surface area (Å²) in [5.41, 5.74) is 1.15. The van der Waals surface area contributed by atoms with Crippen molar-refractivity contribution in [1.82, 2.24) is 14.9 Å². The van der Waals surface area contributed by atoms with Crippen LogP contribution < -0.4 is 0 Å². The zero-order chi connectivity index (χ0) is 8.27. The molecule has 0 aliphatic carbocycles. The summed E-state index contributed by atoms with van der Waals surface area (Å²) in [6.45, 7) is 2.12. The van der Waals surface area contributed by atoms with E-state index in [0.717, 1.165) is 5.56 Å². The highest BCUT2D eigenvalue weighted by atomic mass is 15.1. The lowest BCUT2D eigenvalue weighted by Crippen LogP contribution is -2.16. The molecule has 0 aliphatic heterocycles. The molecule has 0 fully saturated rings. The lowest BCUT2D eigenvalue weighted by Gasteiger charge is -2.18. The Hall–Kier alpha value is -0.960. The van der Waals surface area contributed by atoms with Crippen LogP contribution in [0.15, 0.2) is 18.7 Å². The van der Waals surface area contributed by atoms with Gasteiger partial charge in [-0.1, -0.05) is 0 Å². The molecule has 11 heavy (non-hydrogen) atoms. The minimum absolute atomic E-state index is 0.385. The van der Waals surface area contributed by atoms with E-state index in [1.54, 1.807) is 6.33 Å². The van der Waals surface area contributed by atoms with Crippen LogP contribution in [0.3, 0.4) is 0 Å². The zero-order valence-electron chi connectivity index (χ0n) is 7.15. The van der Waals surface area contributed by atoms with Gasteiger partial charge in [-0.2, -0.15) is 0 Å². The molecule has 60 valence electrons. The maximum absolute atomic E-state index is 3.95. The largest absolute Gasteiger partial charge is 0.303 e. The molecular formula is C8H13N3. The summed E-state index contributed by atoms with van der Waals surface area (Å²) < 4.78 is 0. The zero-order valence-corrected chi connectivity index (χ0v) is 7.15. The SMILES string of the molecule is CC(c1cncnc1)N(C)C. The van der Waals surface area contributed by atoms with E-state index < -0.39 is 0 Å². The first-order valence-electron chi connectivity index (χ1n) is 3.63. The molecule has 3 nitrogen and oxygen atoms in total. The molecule has 1 unspecified atom stereocenters. The summed E-state index contributed by atoms with van der Waals surface area (Å²) in [4.78, 5) is 10.0. The predicted octanol–water partition coefficient (Wildman–Crippen LogP) is 1.10. The quantitative estimate of drug-likeness (QED) is 0.633. The molecule has 0 saturated carbocycles. The van der Waals surface area contributed by atoms with E-state index in [9.17, 15) is 0 Å². The predicted molar refractivity (Wildman–Crippen MR) is 44.1 cm³/mol. The lowest BCUT2D eigenvalue weighted by atomic mass is 10.2. The summed E-state index contributed by atoms with van der Waals surface area (Å²) in [5.74, 6) is 0. The van der Waals surface area contributed by atoms with Gasteiger partial charge < -0.3 is 4.90 Å². The number of aromatic nitrogens is 2. The average Bonchev–Trinajstić information content (AvgIpc) is 2.05. The highest BCUT2D eigenvalue weighted by molar-refractivity contribution is 5.07. The Morgan fingerprint density at radius 2 is 1.82 bits per heavy atom. The van der Waals surface area contributed by atoms with E-state index >= 15 is 0 Å². The molecule has 0 spiro atoms. The molecule has 3 heteroatoms. The summed E-state index contributed by atoms with van der Waals surface area (Å²) >= 11 is 0. The van der Waals surface area contributed by atoms with Crippen molar-refractivity contribution >= 4 is 0 Å². The Labute approximate surface area is 67.1 Å². The van der Waals surface area contributed by atoms with Gasteiger partial charge in [-0.05, 0) is 21.0 Å². The van der Waals surface area contributed by atoms with Crippen molar-refractivity contribution in [2.75, 3.05) is 14.1 Å². The first-order valence-corrected chi connectivity index (χ1v) is 3.63. The molecule has 1 rings (SSSR count). The van der Waals surface area contributed by atoms with Crippen LogP contribution in [-0.4, -0.2) is 29.0 Å². The number of hydrogen-bond donors (Lipinski definition) is 0. The van der Waals surface area contributed by atoms with E-state index in [-0.39, 0.29) is 0 Å². The number of rotatable bonds is 2. The first kappa shape index (κ1) is 8.14. The summed E-state index contributed by atoms with van der Waals surface area (Å²) in [6, 6.07) is 0.385. The van der Waals surface area contributed by atoms with Crippen molar-refractivity contribution < 1.29 is 0 Å². The Morgan fingerprint density at radius 1 is 1.27 bits per heavy atom. The van der Waals surface area contributed by atoms with E-state index in [1.807, 2.05) is 26.5 Å². The second-order valence-corrected chi connectivity index (χ2v) is 2.81. The standard InChI is InChI=1S/C8H13N3/c1-7(11(2)3)8-4-9-6-10-5-8/h4-7H,1-3H3. The van der Waals surface area contributed by atoms with Gasteiger partial charge in [0.05, 0.1) is 0 Å². The van der Waals surface area contributed by atoms with Gasteiger partial charge in [0.25, 0.3) is 0 Å². The fourth-order valence-corrected chi connectivity index (χ4v) is 0.825. The minimum Gasteiger partial charge on any atom is -0.303 e. The van der Waals surface area contributed by atoms with E-state index in [0.29, 0.717) is 6.04 Å². The second-order valence-electron chi connectivity index (χ2n) is 2.81. The molecule has 0 saturated heterocycles. The summed E-state index contributed by atoms with van der Waals surface area (Å²) in [5, 5.41) is 0. The molecule has 0 radical (unpaired) electrons. The molecule has 1 heterocycles. The summed E-state index contributed by atoms with van der Waals surface area (Å²) in [6.07, 6.45) is 5.24. The fraction of sp³-hybridized carbons (Fsp3) is 0.500. The van der Waals surface area contributed by atoms with Gasteiger partial charge in [0.2, 0.25) is 0 Å². The molecule has 1 atom stereocenters. The van der Waals surface area contributed by atoms with Crippen LogP contribution in [0.25, 0.3) is 0 Å². The van der Waals surface area contributed by atoms with Crippen LogP contribution in [0.1, 0.15) is 18.5 Å². The average molecular weight is 151 g/mol. The number of hydrogen-bond acceptors (Lipinski definition) is 3. The molecule has 0 aliphatic rings. The molecular weight excluding hydrogens is 138 g/mol. The second kappa shape index (κ2) is 3.44. The van der Waals surface area contributed by atoms with Crippen molar-refractivity contribution in [2.45, 2.75) is 13.0 Å². The van der Waals surface area contributed by atoms with E-state index in [2.05, 4.69) is 21.8 Å². The molecule has 1 aromatic rings. The smallest absolute Gasteiger partial charge is 0.115 e. The van der Waals surface area contributed by atoms with Crippen LogP contribution in [0.2, 0.25) is 0 Å². The van der Waals surface area contributed by atoms with E-state index in [4.69, 9.17) is 0 Å². The van der Waals surface area contributed by atoms with Crippen molar-refractivity contribution in [2.24, 2.45) is 0 Å². The van der Waals surface area contributed by atoms with Gasteiger partial charge in [0, 0.05) is 24.0 Å². The maximum Gasteiger partial charge on any atom is 0.115 e.